The summed E-state index contributed by atoms with van der Waals surface area (Å²) in [5, 5.41) is 0. The molecule has 1 saturated heterocycles. The molecule has 1 heterocycles. The van der Waals surface area contributed by atoms with Crippen LogP contribution in [0.5, 0.6) is 5.75 Å². The molecule has 1 amide bonds. The van der Waals surface area contributed by atoms with Gasteiger partial charge in [-0.25, -0.2) is 4.39 Å². The number of halogens is 1. The van der Waals surface area contributed by atoms with E-state index >= 15 is 0 Å². The van der Waals surface area contributed by atoms with Gasteiger partial charge in [0.1, 0.15) is 17.3 Å². The largest absolute Gasteiger partial charge is 0.483 e. The van der Waals surface area contributed by atoms with Crippen molar-refractivity contribution in [2.45, 2.75) is 19.8 Å². The SMILES string of the molecule is Cc1cc(F)ccc1OCC(=O)N1CCC(=O)CC1. The third-order valence-corrected chi connectivity index (χ3v) is 3.16. The minimum Gasteiger partial charge on any atom is -0.483 e. The monoisotopic (exact) mass is 265 g/mol. The molecule has 0 radical (unpaired) electrons. The maximum absolute atomic E-state index is 12.9. The highest BCUT2D eigenvalue weighted by Gasteiger charge is 2.21. The molecule has 1 fully saturated rings. The predicted octanol–water partition coefficient (Wildman–Crippen LogP) is 1.70. The zero-order valence-corrected chi connectivity index (χ0v) is 10.8. The number of piperidine rings is 1. The standard InChI is InChI=1S/C14H16FNO3/c1-10-8-11(15)2-3-13(10)19-9-14(18)16-6-4-12(17)5-7-16/h2-3,8H,4-7,9H2,1H3. The molecule has 0 N–H and O–H groups in total. The van der Waals surface area contributed by atoms with E-state index in [1.165, 1.54) is 18.2 Å². The molecule has 0 bridgehead atoms. The minimum atomic E-state index is -0.328. The number of amides is 1. The molecule has 5 heteroatoms. The molecule has 19 heavy (non-hydrogen) atoms. The first kappa shape index (κ1) is 13.5. The Morgan fingerprint density at radius 3 is 2.68 bits per heavy atom. The fourth-order valence-electron chi connectivity index (χ4n) is 2.01. The van der Waals surface area contributed by atoms with Gasteiger partial charge in [-0.05, 0) is 30.7 Å². The molecule has 1 aliphatic rings. The number of hydrogen-bond acceptors (Lipinski definition) is 3. The lowest BCUT2D eigenvalue weighted by atomic mass is 10.1. The number of rotatable bonds is 3. The molecule has 0 unspecified atom stereocenters. The number of Topliss-reactive ketones (excluding diaryl/α,β-unsaturated/α-hetero) is 1. The number of carbonyl (C=O) groups is 2. The van der Waals surface area contributed by atoms with Gasteiger partial charge < -0.3 is 9.64 Å². The third-order valence-electron chi connectivity index (χ3n) is 3.16. The Labute approximate surface area is 111 Å². The van der Waals surface area contributed by atoms with Gasteiger partial charge in [0.25, 0.3) is 5.91 Å². The normalized spacial score (nSPS) is 15.5. The highest BCUT2D eigenvalue weighted by Crippen LogP contribution is 2.18. The number of ketones is 1. The van der Waals surface area contributed by atoms with Gasteiger partial charge in [0, 0.05) is 25.9 Å². The van der Waals surface area contributed by atoms with Crippen molar-refractivity contribution in [2.75, 3.05) is 19.7 Å². The van der Waals surface area contributed by atoms with Crippen LogP contribution in [0.15, 0.2) is 18.2 Å². The first-order chi connectivity index (χ1) is 9.06. The Kier molecular flexibility index (Phi) is 4.14. The first-order valence-corrected chi connectivity index (χ1v) is 6.24. The zero-order valence-electron chi connectivity index (χ0n) is 10.8. The maximum Gasteiger partial charge on any atom is 0.260 e. The van der Waals surface area contributed by atoms with Crippen molar-refractivity contribution in [3.05, 3.63) is 29.6 Å². The molecular weight excluding hydrogens is 249 g/mol. The molecule has 0 spiro atoms. The molecular formula is C14H16FNO3. The van der Waals surface area contributed by atoms with Gasteiger partial charge in [-0.2, -0.15) is 0 Å². The predicted molar refractivity (Wildman–Crippen MR) is 67.5 cm³/mol. The average molecular weight is 265 g/mol. The highest BCUT2D eigenvalue weighted by atomic mass is 19.1. The fraction of sp³-hybridized carbons (Fsp3) is 0.429. The molecule has 0 atom stereocenters. The van der Waals surface area contributed by atoms with Crippen molar-refractivity contribution >= 4 is 11.7 Å². The van der Waals surface area contributed by atoms with Crippen molar-refractivity contribution < 1.29 is 18.7 Å². The summed E-state index contributed by atoms with van der Waals surface area (Å²) >= 11 is 0. The van der Waals surface area contributed by atoms with E-state index < -0.39 is 0 Å². The average Bonchev–Trinajstić information content (AvgIpc) is 2.38. The molecule has 0 aromatic heterocycles. The Hall–Kier alpha value is -1.91. The van der Waals surface area contributed by atoms with Crippen LogP contribution in [-0.4, -0.2) is 36.3 Å². The number of carbonyl (C=O) groups excluding carboxylic acids is 2. The van der Waals surface area contributed by atoms with Crippen molar-refractivity contribution in [3.63, 3.8) is 0 Å². The van der Waals surface area contributed by atoms with Gasteiger partial charge in [-0.3, -0.25) is 9.59 Å². The van der Waals surface area contributed by atoms with Crippen molar-refractivity contribution in [1.82, 2.24) is 4.90 Å². The molecule has 1 aromatic rings. The van der Waals surface area contributed by atoms with Crippen molar-refractivity contribution in [1.29, 1.82) is 0 Å². The number of nitrogens with zero attached hydrogens (tertiary/aromatic N) is 1. The summed E-state index contributed by atoms with van der Waals surface area (Å²) in [4.78, 5) is 24.6. The van der Waals surface area contributed by atoms with Gasteiger partial charge in [0.15, 0.2) is 6.61 Å². The topological polar surface area (TPSA) is 46.6 Å². The Morgan fingerprint density at radius 1 is 1.37 bits per heavy atom. The van der Waals surface area contributed by atoms with Crippen LogP contribution >= 0.6 is 0 Å². The van der Waals surface area contributed by atoms with E-state index in [-0.39, 0.29) is 24.1 Å². The number of benzene rings is 1. The quantitative estimate of drug-likeness (QED) is 0.835. The molecule has 0 aliphatic carbocycles. The summed E-state index contributed by atoms with van der Waals surface area (Å²) in [6.07, 6.45) is 0.836. The van der Waals surface area contributed by atoms with Crippen LogP contribution in [-0.2, 0) is 9.59 Å². The van der Waals surface area contributed by atoms with Crippen LogP contribution in [0.4, 0.5) is 4.39 Å². The van der Waals surface area contributed by atoms with Crippen LogP contribution in [0.3, 0.4) is 0 Å². The lowest BCUT2D eigenvalue weighted by Crippen LogP contribution is -2.41. The van der Waals surface area contributed by atoms with Crippen LogP contribution in [0, 0.1) is 12.7 Å². The summed E-state index contributed by atoms with van der Waals surface area (Å²) in [5.41, 5.74) is 0.654. The maximum atomic E-state index is 12.9. The highest BCUT2D eigenvalue weighted by molar-refractivity contribution is 5.84. The molecule has 4 nitrogen and oxygen atoms in total. The van der Waals surface area contributed by atoms with Crippen molar-refractivity contribution in [3.8, 4) is 5.75 Å². The minimum absolute atomic E-state index is 0.0827. The summed E-state index contributed by atoms with van der Waals surface area (Å²) < 4.78 is 18.3. The van der Waals surface area contributed by atoms with E-state index in [9.17, 15) is 14.0 Å². The second-order valence-corrected chi connectivity index (χ2v) is 4.62. The number of likely N-dealkylation sites (tertiary alicyclic amines) is 1. The summed E-state index contributed by atoms with van der Waals surface area (Å²) in [6.45, 7) is 2.57. The van der Waals surface area contributed by atoms with Crippen LogP contribution in [0.1, 0.15) is 18.4 Å². The van der Waals surface area contributed by atoms with Gasteiger partial charge in [0.05, 0.1) is 0 Å². The first-order valence-electron chi connectivity index (χ1n) is 6.24. The van der Waals surface area contributed by atoms with Crippen molar-refractivity contribution in [2.24, 2.45) is 0 Å². The van der Waals surface area contributed by atoms with E-state index in [0.29, 0.717) is 37.2 Å². The van der Waals surface area contributed by atoms with Crippen LogP contribution < -0.4 is 4.74 Å². The van der Waals surface area contributed by atoms with E-state index in [1.54, 1.807) is 11.8 Å². The fourth-order valence-corrected chi connectivity index (χ4v) is 2.01. The summed E-state index contributed by atoms with van der Waals surface area (Å²) in [7, 11) is 0. The van der Waals surface area contributed by atoms with Gasteiger partial charge in [-0.1, -0.05) is 0 Å². The molecule has 1 aliphatic heterocycles. The molecule has 0 saturated carbocycles. The second-order valence-electron chi connectivity index (χ2n) is 4.62. The van der Waals surface area contributed by atoms with E-state index in [0.717, 1.165) is 0 Å². The van der Waals surface area contributed by atoms with E-state index in [1.807, 2.05) is 0 Å². The molecule has 1 aromatic carbocycles. The summed E-state index contributed by atoms with van der Waals surface area (Å²) in [6, 6.07) is 4.17. The zero-order chi connectivity index (χ0) is 13.8. The second kappa shape index (κ2) is 5.82. The number of aryl methyl sites for hydroxylation is 1. The van der Waals surface area contributed by atoms with Gasteiger partial charge in [0.2, 0.25) is 0 Å². The van der Waals surface area contributed by atoms with Gasteiger partial charge >= 0.3 is 0 Å². The Bertz CT molecular complexity index is 491. The lowest BCUT2D eigenvalue weighted by Gasteiger charge is -2.26. The van der Waals surface area contributed by atoms with E-state index in [4.69, 9.17) is 4.74 Å². The molecule has 102 valence electrons. The Balaban J connectivity index is 1.88. The van der Waals surface area contributed by atoms with E-state index in [2.05, 4.69) is 0 Å². The van der Waals surface area contributed by atoms with Crippen LogP contribution in [0.25, 0.3) is 0 Å². The van der Waals surface area contributed by atoms with Crippen LogP contribution in [0.2, 0.25) is 0 Å². The lowest BCUT2D eigenvalue weighted by molar-refractivity contribution is -0.136. The summed E-state index contributed by atoms with van der Waals surface area (Å²) in [5.74, 6) is 0.226. The smallest absolute Gasteiger partial charge is 0.260 e. The third kappa shape index (κ3) is 3.53. The Morgan fingerprint density at radius 2 is 2.05 bits per heavy atom. The van der Waals surface area contributed by atoms with Gasteiger partial charge in [-0.15, -0.1) is 0 Å². The molecule has 2 rings (SSSR count). The number of ether oxygens (including phenoxy) is 1. The number of hydrogen-bond donors (Lipinski definition) is 0.